The molecular formula is C14H19FN2O. The quantitative estimate of drug-likeness (QED) is 0.570. The number of aryl methyl sites for hydroxylation is 1. The molecule has 0 saturated heterocycles. The van der Waals surface area contributed by atoms with Crippen molar-refractivity contribution < 1.29 is 9.13 Å². The maximum Gasteiger partial charge on any atom is 0.125 e. The number of allylic oxidation sites excluding steroid dienone is 3. The van der Waals surface area contributed by atoms with Crippen molar-refractivity contribution >= 4 is 0 Å². The van der Waals surface area contributed by atoms with Crippen LogP contribution in [0.4, 0.5) is 4.39 Å². The van der Waals surface area contributed by atoms with Gasteiger partial charge in [0.25, 0.3) is 0 Å². The van der Waals surface area contributed by atoms with E-state index in [4.69, 9.17) is 4.74 Å². The van der Waals surface area contributed by atoms with E-state index in [2.05, 4.69) is 18.3 Å². The van der Waals surface area contributed by atoms with Gasteiger partial charge < -0.3 is 4.74 Å². The van der Waals surface area contributed by atoms with E-state index < -0.39 is 5.83 Å². The van der Waals surface area contributed by atoms with Gasteiger partial charge in [0.15, 0.2) is 0 Å². The van der Waals surface area contributed by atoms with Crippen LogP contribution in [-0.2, 0) is 18.4 Å². The molecule has 1 heterocycles. The first kappa shape index (κ1) is 14.2. The molecule has 4 heteroatoms. The third kappa shape index (κ3) is 4.20. The SMILES string of the molecule is C=C(F)/C=C(/OCc1cnn(C)c1)C(=C)C(C)C. The first-order valence-electron chi connectivity index (χ1n) is 5.75. The highest BCUT2D eigenvalue weighted by Crippen LogP contribution is 2.21. The van der Waals surface area contributed by atoms with Crippen LogP contribution < -0.4 is 0 Å². The van der Waals surface area contributed by atoms with Crippen molar-refractivity contribution in [3.05, 3.63) is 54.4 Å². The van der Waals surface area contributed by atoms with Gasteiger partial charge in [-0.1, -0.05) is 27.0 Å². The van der Waals surface area contributed by atoms with Gasteiger partial charge in [-0.3, -0.25) is 4.68 Å². The van der Waals surface area contributed by atoms with Crippen LogP contribution in [0.25, 0.3) is 0 Å². The zero-order valence-electron chi connectivity index (χ0n) is 11.1. The Morgan fingerprint density at radius 2 is 2.22 bits per heavy atom. The summed E-state index contributed by atoms with van der Waals surface area (Å²) in [5, 5.41) is 4.04. The van der Waals surface area contributed by atoms with Crippen LogP contribution in [0.5, 0.6) is 0 Å². The van der Waals surface area contributed by atoms with Crippen LogP contribution in [0.3, 0.4) is 0 Å². The molecule has 0 atom stereocenters. The average molecular weight is 250 g/mol. The molecule has 1 aromatic heterocycles. The Bertz CT molecular complexity index is 472. The highest BCUT2D eigenvalue weighted by atomic mass is 19.1. The highest BCUT2D eigenvalue weighted by Gasteiger charge is 2.10. The van der Waals surface area contributed by atoms with Crippen molar-refractivity contribution in [1.82, 2.24) is 9.78 Å². The van der Waals surface area contributed by atoms with E-state index in [9.17, 15) is 4.39 Å². The molecule has 0 bridgehead atoms. The van der Waals surface area contributed by atoms with Gasteiger partial charge in [0, 0.05) is 24.9 Å². The minimum absolute atomic E-state index is 0.185. The summed E-state index contributed by atoms with van der Waals surface area (Å²) < 4.78 is 20.2. The Balaban J connectivity index is 2.74. The molecule has 0 spiro atoms. The van der Waals surface area contributed by atoms with Crippen LogP contribution in [-0.4, -0.2) is 9.78 Å². The summed E-state index contributed by atoms with van der Waals surface area (Å²) in [4.78, 5) is 0. The summed E-state index contributed by atoms with van der Waals surface area (Å²) in [7, 11) is 1.83. The number of ether oxygens (including phenoxy) is 1. The normalized spacial score (nSPS) is 11.7. The van der Waals surface area contributed by atoms with Crippen LogP contribution >= 0.6 is 0 Å². The van der Waals surface area contributed by atoms with Crippen LogP contribution in [0.1, 0.15) is 19.4 Å². The molecule has 0 fully saturated rings. The number of nitrogens with zero attached hydrogens (tertiary/aromatic N) is 2. The molecule has 0 radical (unpaired) electrons. The first-order chi connectivity index (χ1) is 8.40. The van der Waals surface area contributed by atoms with E-state index in [1.54, 1.807) is 10.9 Å². The third-order valence-electron chi connectivity index (χ3n) is 2.45. The number of rotatable bonds is 6. The molecular weight excluding hydrogens is 231 g/mol. The Morgan fingerprint density at radius 3 is 2.67 bits per heavy atom. The monoisotopic (exact) mass is 250 g/mol. The topological polar surface area (TPSA) is 27.1 Å². The fourth-order valence-electron chi connectivity index (χ4n) is 1.36. The van der Waals surface area contributed by atoms with Crippen LogP contribution in [0.2, 0.25) is 0 Å². The summed E-state index contributed by atoms with van der Waals surface area (Å²) in [6, 6.07) is 0. The lowest BCUT2D eigenvalue weighted by Gasteiger charge is -2.15. The molecule has 0 aromatic carbocycles. The third-order valence-corrected chi connectivity index (χ3v) is 2.45. The smallest absolute Gasteiger partial charge is 0.125 e. The Labute approximate surface area is 107 Å². The summed E-state index contributed by atoms with van der Waals surface area (Å²) in [5.74, 6) is 0.0730. The lowest BCUT2D eigenvalue weighted by molar-refractivity contribution is 0.202. The van der Waals surface area contributed by atoms with Crippen molar-refractivity contribution in [3.63, 3.8) is 0 Å². The fourth-order valence-corrected chi connectivity index (χ4v) is 1.36. The molecule has 0 saturated carbocycles. The van der Waals surface area contributed by atoms with Gasteiger partial charge in [-0.25, -0.2) is 4.39 Å². The zero-order valence-corrected chi connectivity index (χ0v) is 11.1. The van der Waals surface area contributed by atoms with Crippen molar-refractivity contribution in [2.75, 3.05) is 0 Å². The first-order valence-corrected chi connectivity index (χ1v) is 5.75. The standard InChI is InChI=1S/C14H19FN2O/c1-10(2)12(4)14(6-11(3)15)18-9-13-7-16-17(5)8-13/h6-8,10H,3-4,9H2,1-2,5H3/b14-6+. The summed E-state index contributed by atoms with van der Waals surface area (Å²) in [6.45, 7) is 11.4. The lowest BCUT2D eigenvalue weighted by atomic mass is 10.0. The second-order valence-electron chi connectivity index (χ2n) is 4.45. The van der Waals surface area contributed by atoms with Crippen LogP contribution in [0, 0.1) is 5.92 Å². The van der Waals surface area contributed by atoms with Crippen LogP contribution in [0.15, 0.2) is 48.8 Å². The van der Waals surface area contributed by atoms with Gasteiger partial charge in [0.1, 0.15) is 18.2 Å². The highest BCUT2D eigenvalue weighted by molar-refractivity contribution is 5.29. The summed E-state index contributed by atoms with van der Waals surface area (Å²) >= 11 is 0. The number of halogens is 1. The molecule has 0 aliphatic rings. The van der Waals surface area contributed by atoms with E-state index >= 15 is 0 Å². The second kappa shape index (κ2) is 6.19. The van der Waals surface area contributed by atoms with E-state index in [1.165, 1.54) is 6.08 Å². The van der Waals surface area contributed by atoms with E-state index in [-0.39, 0.29) is 5.92 Å². The van der Waals surface area contributed by atoms with Gasteiger partial charge in [-0.2, -0.15) is 5.10 Å². The predicted molar refractivity (Wildman–Crippen MR) is 70.3 cm³/mol. The minimum Gasteiger partial charge on any atom is -0.488 e. The minimum atomic E-state index is -0.544. The molecule has 18 heavy (non-hydrogen) atoms. The number of aromatic nitrogens is 2. The predicted octanol–water partition coefficient (Wildman–Crippen LogP) is 3.52. The van der Waals surface area contributed by atoms with Gasteiger partial charge >= 0.3 is 0 Å². The van der Waals surface area contributed by atoms with Crippen molar-refractivity contribution in [3.8, 4) is 0 Å². The summed E-state index contributed by atoms with van der Waals surface area (Å²) in [6.07, 6.45) is 4.82. The lowest BCUT2D eigenvalue weighted by Crippen LogP contribution is -2.01. The second-order valence-corrected chi connectivity index (χ2v) is 4.45. The molecule has 0 N–H and O–H groups in total. The number of hydrogen-bond acceptors (Lipinski definition) is 2. The number of hydrogen-bond donors (Lipinski definition) is 0. The van der Waals surface area contributed by atoms with Gasteiger partial charge in [0.2, 0.25) is 0 Å². The van der Waals surface area contributed by atoms with Crippen molar-refractivity contribution in [1.29, 1.82) is 0 Å². The Kier molecular flexibility index (Phi) is 4.89. The van der Waals surface area contributed by atoms with E-state index in [0.29, 0.717) is 12.4 Å². The molecule has 98 valence electrons. The molecule has 0 unspecified atom stereocenters. The largest absolute Gasteiger partial charge is 0.488 e. The molecule has 0 amide bonds. The maximum atomic E-state index is 12.9. The molecule has 0 aliphatic heterocycles. The Hall–Kier alpha value is -1.84. The maximum absolute atomic E-state index is 12.9. The van der Waals surface area contributed by atoms with Crippen molar-refractivity contribution in [2.24, 2.45) is 13.0 Å². The Morgan fingerprint density at radius 1 is 1.56 bits per heavy atom. The van der Waals surface area contributed by atoms with E-state index in [1.807, 2.05) is 27.1 Å². The van der Waals surface area contributed by atoms with Crippen molar-refractivity contribution in [2.45, 2.75) is 20.5 Å². The molecule has 3 nitrogen and oxygen atoms in total. The fraction of sp³-hybridized carbons (Fsp3) is 0.357. The van der Waals surface area contributed by atoms with E-state index in [0.717, 1.165) is 11.1 Å². The zero-order chi connectivity index (χ0) is 13.7. The molecule has 0 aliphatic carbocycles. The molecule has 1 aromatic rings. The van der Waals surface area contributed by atoms with Gasteiger partial charge in [-0.05, 0) is 11.5 Å². The van der Waals surface area contributed by atoms with Gasteiger partial charge in [-0.15, -0.1) is 0 Å². The summed E-state index contributed by atoms with van der Waals surface area (Å²) in [5.41, 5.74) is 1.67. The molecule has 1 rings (SSSR count). The van der Waals surface area contributed by atoms with Gasteiger partial charge in [0.05, 0.1) is 6.20 Å². The average Bonchev–Trinajstić information content (AvgIpc) is 2.68.